The van der Waals surface area contributed by atoms with Crippen molar-refractivity contribution in [1.29, 1.82) is 0 Å². The monoisotopic (exact) mass is 192 g/mol. The molecule has 0 saturated heterocycles. The van der Waals surface area contributed by atoms with E-state index in [9.17, 15) is 9.18 Å². The molecule has 1 aromatic heterocycles. The number of hydrogen-bond donors (Lipinski definition) is 1. The lowest BCUT2D eigenvalue weighted by molar-refractivity contribution is 0.637. The molecule has 1 aromatic carbocycles. The molecule has 72 valence electrons. The van der Waals surface area contributed by atoms with Crippen LogP contribution in [0, 0.1) is 19.7 Å². The van der Waals surface area contributed by atoms with Crippen LogP contribution in [0.15, 0.2) is 16.9 Å². The zero-order chi connectivity index (χ0) is 10.3. The Labute approximate surface area is 79.6 Å². The maximum absolute atomic E-state index is 13.3. The van der Waals surface area contributed by atoms with E-state index in [1.165, 1.54) is 6.07 Å². The van der Waals surface area contributed by atoms with Crippen LogP contribution in [0.1, 0.15) is 11.4 Å². The molecule has 0 amide bonds. The molecule has 4 heteroatoms. The van der Waals surface area contributed by atoms with Crippen LogP contribution in [0.5, 0.6) is 0 Å². The summed E-state index contributed by atoms with van der Waals surface area (Å²) in [5.74, 6) is -0.0319. The maximum atomic E-state index is 13.3. The molecule has 0 unspecified atom stereocenters. The van der Waals surface area contributed by atoms with Gasteiger partial charge in [0.15, 0.2) is 0 Å². The van der Waals surface area contributed by atoms with Crippen LogP contribution in [0.3, 0.4) is 0 Å². The highest BCUT2D eigenvalue weighted by molar-refractivity contribution is 5.81. The molecule has 0 bridgehead atoms. The number of nitrogens with one attached hydrogen (secondary N) is 1. The number of halogens is 1. The van der Waals surface area contributed by atoms with Crippen molar-refractivity contribution in [3.8, 4) is 0 Å². The normalized spacial score (nSPS) is 10.8. The molecule has 3 nitrogen and oxygen atoms in total. The summed E-state index contributed by atoms with van der Waals surface area (Å²) >= 11 is 0. The number of aromatic amines is 1. The Kier molecular flexibility index (Phi) is 1.84. The summed E-state index contributed by atoms with van der Waals surface area (Å²) in [6.07, 6.45) is 0. The second-order valence-corrected chi connectivity index (χ2v) is 3.24. The lowest BCUT2D eigenvalue weighted by Crippen LogP contribution is -2.11. The fraction of sp³-hybridized carbons (Fsp3) is 0.200. The molecule has 2 rings (SSSR count). The second kappa shape index (κ2) is 2.90. The molecule has 0 spiro atoms. The molecule has 2 aromatic rings. The first-order valence-corrected chi connectivity index (χ1v) is 4.25. The van der Waals surface area contributed by atoms with Gasteiger partial charge >= 0.3 is 0 Å². The Morgan fingerprint density at radius 2 is 2.07 bits per heavy atom. The van der Waals surface area contributed by atoms with Crippen molar-refractivity contribution in [2.75, 3.05) is 0 Å². The molecule has 1 N–H and O–H groups in total. The minimum atomic E-state index is -0.528. The highest BCUT2D eigenvalue weighted by Crippen LogP contribution is 2.15. The van der Waals surface area contributed by atoms with Gasteiger partial charge in [0.05, 0.1) is 5.52 Å². The molecule has 0 aliphatic carbocycles. The zero-order valence-electron chi connectivity index (χ0n) is 7.89. The smallest absolute Gasteiger partial charge is 0.261 e. The molecule has 0 fully saturated rings. The average Bonchev–Trinajstić information content (AvgIpc) is 2.10. The molecule has 14 heavy (non-hydrogen) atoms. The molecular formula is C10H9FN2O. The third kappa shape index (κ3) is 1.19. The van der Waals surface area contributed by atoms with Crippen LogP contribution < -0.4 is 5.56 Å². The van der Waals surface area contributed by atoms with E-state index in [4.69, 9.17) is 0 Å². The molecule has 0 saturated carbocycles. The zero-order valence-corrected chi connectivity index (χ0v) is 7.89. The largest absolute Gasteiger partial charge is 0.310 e. The first-order chi connectivity index (χ1) is 6.59. The summed E-state index contributed by atoms with van der Waals surface area (Å²) in [6.45, 7) is 3.47. The van der Waals surface area contributed by atoms with Gasteiger partial charge < -0.3 is 4.98 Å². The van der Waals surface area contributed by atoms with E-state index >= 15 is 0 Å². The number of aryl methyl sites for hydroxylation is 2. The molecule has 0 aliphatic heterocycles. The molecule has 0 atom stereocenters. The van der Waals surface area contributed by atoms with Gasteiger partial charge in [-0.15, -0.1) is 0 Å². The summed E-state index contributed by atoms with van der Waals surface area (Å²) in [5.41, 5.74) is 0.815. The molecule has 0 radical (unpaired) electrons. The summed E-state index contributed by atoms with van der Waals surface area (Å²) in [4.78, 5) is 18.0. The fourth-order valence-electron chi connectivity index (χ4n) is 1.45. The summed E-state index contributed by atoms with van der Waals surface area (Å²) in [6, 6.07) is 2.90. The first kappa shape index (κ1) is 8.87. The Morgan fingerprint density at radius 1 is 1.36 bits per heavy atom. The van der Waals surface area contributed by atoms with Gasteiger partial charge in [0, 0.05) is 0 Å². The second-order valence-electron chi connectivity index (χ2n) is 3.24. The van der Waals surface area contributed by atoms with Crippen molar-refractivity contribution in [2.24, 2.45) is 0 Å². The quantitative estimate of drug-likeness (QED) is 0.690. The predicted octanol–water partition coefficient (Wildman–Crippen LogP) is 1.68. The van der Waals surface area contributed by atoms with Crippen LogP contribution in [-0.4, -0.2) is 9.97 Å². The Bertz CT molecular complexity index is 560. The molecule has 0 aliphatic rings. The van der Waals surface area contributed by atoms with E-state index in [-0.39, 0.29) is 5.39 Å². The molecular weight excluding hydrogens is 183 g/mol. The fourth-order valence-corrected chi connectivity index (χ4v) is 1.45. The lowest BCUT2D eigenvalue weighted by Gasteiger charge is -2.02. The van der Waals surface area contributed by atoms with E-state index in [2.05, 4.69) is 9.97 Å². The van der Waals surface area contributed by atoms with Crippen LogP contribution in [0.4, 0.5) is 4.39 Å². The Morgan fingerprint density at radius 3 is 2.79 bits per heavy atom. The van der Waals surface area contributed by atoms with E-state index < -0.39 is 11.4 Å². The lowest BCUT2D eigenvalue weighted by atomic mass is 10.1. The van der Waals surface area contributed by atoms with Crippen LogP contribution in [0.2, 0.25) is 0 Å². The van der Waals surface area contributed by atoms with E-state index in [0.717, 1.165) is 5.56 Å². The Hall–Kier alpha value is -1.71. The van der Waals surface area contributed by atoms with Gasteiger partial charge in [-0.25, -0.2) is 9.37 Å². The summed E-state index contributed by atoms with van der Waals surface area (Å²) in [7, 11) is 0. The van der Waals surface area contributed by atoms with Gasteiger partial charge in [0.2, 0.25) is 0 Å². The number of benzene rings is 1. The summed E-state index contributed by atoms with van der Waals surface area (Å²) < 4.78 is 13.3. The Balaban J connectivity index is 3.08. The van der Waals surface area contributed by atoms with Crippen LogP contribution in [0.25, 0.3) is 10.9 Å². The third-order valence-corrected chi connectivity index (χ3v) is 2.13. The van der Waals surface area contributed by atoms with Gasteiger partial charge in [0.25, 0.3) is 5.56 Å². The highest BCUT2D eigenvalue weighted by Gasteiger charge is 2.08. The van der Waals surface area contributed by atoms with Crippen LogP contribution >= 0.6 is 0 Å². The topological polar surface area (TPSA) is 45.8 Å². The number of fused-ring (bicyclic) bond motifs is 1. The average molecular weight is 192 g/mol. The van der Waals surface area contributed by atoms with Crippen molar-refractivity contribution in [3.63, 3.8) is 0 Å². The number of nitrogens with zero attached hydrogens (tertiary/aromatic N) is 1. The van der Waals surface area contributed by atoms with Crippen molar-refractivity contribution in [3.05, 3.63) is 39.7 Å². The number of hydrogen-bond acceptors (Lipinski definition) is 2. The minimum Gasteiger partial charge on any atom is -0.310 e. The highest BCUT2D eigenvalue weighted by atomic mass is 19.1. The van der Waals surface area contributed by atoms with E-state index in [0.29, 0.717) is 11.3 Å². The van der Waals surface area contributed by atoms with Gasteiger partial charge in [0.1, 0.15) is 17.0 Å². The predicted molar refractivity (Wildman–Crippen MR) is 51.8 cm³/mol. The van der Waals surface area contributed by atoms with Crippen molar-refractivity contribution in [1.82, 2.24) is 9.97 Å². The van der Waals surface area contributed by atoms with Crippen molar-refractivity contribution >= 4 is 10.9 Å². The standard InChI is InChI=1S/C10H9FN2O/c1-5-3-4-7(11)8-9(5)12-6(2)13-10(8)14/h3-4H,1-2H3,(H,12,13,14). The van der Waals surface area contributed by atoms with Gasteiger partial charge in [-0.05, 0) is 25.5 Å². The van der Waals surface area contributed by atoms with Crippen molar-refractivity contribution in [2.45, 2.75) is 13.8 Å². The van der Waals surface area contributed by atoms with Crippen LogP contribution in [-0.2, 0) is 0 Å². The SMILES string of the molecule is Cc1nc2c(C)ccc(F)c2c(=O)[nH]1. The van der Waals surface area contributed by atoms with Gasteiger partial charge in [-0.3, -0.25) is 4.79 Å². The van der Waals surface area contributed by atoms with E-state index in [1.54, 1.807) is 19.9 Å². The number of H-pyrrole nitrogens is 1. The van der Waals surface area contributed by atoms with Crippen molar-refractivity contribution < 1.29 is 4.39 Å². The van der Waals surface area contributed by atoms with Gasteiger partial charge in [-0.2, -0.15) is 0 Å². The minimum absolute atomic E-state index is 0.0376. The number of aromatic nitrogens is 2. The van der Waals surface area contributed by atoms with Gasteiger partial charge in [-0.1, -0.05) is 6.07 Å². The third-order valence-electron chi connectivity index (χ3n) is 2.13. The van der Waals surface area contributed by atoms with E-state index in [1.807, 2.05) is 0 Å². The maximum Gasteiger partial charge on any atom is 0.261 e. The number of rotatable bonds is 0. The first-order valence-electron chi connectivity index (χ1n) is 4.25. The molecule has 1 heterocycles. The summed E-state index contributed by atoms with van der Waals surface area (Å²) in [5, 5.41) is 0.0376.